The van der Waals surface area contributed by atoms with Gasteiger partial charge in [0.15, 0.2) is 0 Å². The maximum absolute atomic E-state index is 11.5. The number of rotatable bonds is 4. The number of nitrogens with two attached hydrogens (primary N) is 1. The summed E-state index contributed by atoms with van der Waals surface area (Å²) in [5, 5.41) is 9.07. The van der Waals surface area contributed by atoms with Crippen molar-refractivity contribution in [1.82, 2.24) is 4.90 Å². The van der Waals surface area contributed by atoms with Crippen LogP contribution in [0.25, 0.3) is 0 Å². The Bertz CT molecular complexity index is 195. The lowest BCUT2D eigenvalue weighted by atomic mass is 10.1. The average molecular weight is 200 g/mol. The van der Waals surface area contributed by atoms with Crippen molar-refractivity contribution in [2.75, 3.05) is 13.1 Å². The van der Waals surface area contributed by atoms with Gasteiger partial charge < -0.3 is 15.7 Å². The van der Waals surface area contributed by atoms with Crippen molar-refractivity contribution in [2.45, 2.75) is 44.8 Å². The summed E-state index contributed by atoms with van der Waals surface area (Å²) in [5.74, 6) is 0.0712. The monoisotopic (exact) mass is 200 g/mol. The van der Waals surface area contributed by atoms with E-state index in [4.69, 9.17) is 10.8 Å². The summed E-state index contributed by atoms with van der Waals surface area (Å²) in [5.41, 5.74) is 5.66. The number of carbonyl (C=O) groups excluding carboxylic acids is 1. The number of nitrogens with zero attached hydrogens (tertiary/aromatic N) is 1. The zero-order chi connectivity index (χ0) is 10.6. The Hall–Kier alpha value is -0.610. The maximum atomic E-state index is 11.5. The van der Waals surface area contributed by atoms with E-state index in [0.29, 0.717) is 0 Å². The smallest absolute Gasteiger partial charge is 0.239 e. The molecule has 82 valence electrons. The Morgan fingerprint density at radius 2 is 2.43 bits per heavy atom. The van der Waals surface area contributed by atoms with Crippen molar-refractivity contribution in [2.24, 2.45) is 5.73 Å². The van der Waals surface area contributed by atoms with Gasteiger partial charge >= 0.3 is 0 Å². The summed E-state index contributed by atoms with van der Waals surface area (Å²) in [6.07, 6.45) is 3.14. The van der Waals surface area contributed by atoms with E-state index in [-0.39, 0.29) is 18.1 Å². The van der Waals surface area contributed by atoms with E-state index in [1.165, 1.54) is 0 Å². The molecule has 0 aromatic rings. The Morgan fingerprint density at radius 3 is 3.07 bits per heavy atom. The fourth-order valence-corrected chi connectivity index (χ4v) is 1.77. The minimum Gasteiger partial charge on any atom is -0.393 e. The molecule has 2 atom stereocenters. The standard InChI is InChI=1S/C10H20N2O2/c1-8(13)4-2-6-12-7-3-5-9(11)10(12)14/h8-9,13H,2-7,11H2,1H3. The van der Waals surface area contributed by atoms with Crippen molar-refractivity contribution < 1.29 is 9.90 Å². The van der Waals surface area contributed by atoms with Crippen LogP contribution in [0.15, 0.2) is 0 Å². The molecule has 14 heavy (non-hydrogen) atoms. The highest BCUT2D eigenvalue weighted by Crippen LogP contribution is 2.11. The average Bonchev–Trinajstić information content (AvgIpc) is 2.12. The quantitative estimate of drug-likeness (QED) is 0.676. The third kappa shape index (κ3) is 3.27. The fraction of sp³-hybridized carbons (Fsp3) is 0.900. The van der Waals surface area contributed by atoms with Gasteiger partial charge in [0.1, 0.15) is 0 Å². The molecule has 0 aliphatic carbocycles. The van der Waals surface area contributed by atoms with Gasteiger partial charge in [-0.2, -0.15) is 0 Å². The Balaban J connectivity index is 2.25. The van der Waals surface area contributed by atoms with E-state index in [2.05, 4.69) is 0 Å². The summed E-state index contributed by atoms with van der Waals surface area (Å²) in [6, 6.07) is -0.296. The fourth-order valence-electron chi connectivity index (χ4n) is 1.77. The zero-order valence-corrected chi connectivity index (χ0v) is 8.78. The van der Waals surface area contributed by atoms with Crippen LogP contribution in [0.1, 0.15) is 32.6 Å². The molecule has 4 heteroatoms. The second-order valence-corrected chi connectivity index (χ2v) is 4.07. The number of aliphatic hydroxyl groups excluding tert-OH is 1. The van der Waals surface area contributed by atoms with Gasteiger partial charge in [0, 0.05) is 13.1 Å². The van der Waals surface area contributed by atoms with Crippen LogP contribution in [0.5, 0.6) is 0 Å². The minimum atomic E-state index is -0.296. The molecule has 1 amide bonds. The molecule has 0 aromatic heterocycles. The van der Waals surface area contributed by atoms with Crippen LogP contribution < -0.4 is 5.73 Å². The summed E-state index contributed by atoms with van der Waals surface area (Å²) < 4.78 is 0. The second-order valence-electron chi connectivity index (χ2n) is 4.07. The molecular weight excluding hydrogens is 180 g/mol. The molecule has 0 radical (unpaired) electrons. The van der Waals surface area contributed by atoms with Gasteiger partial charge in [-0.25, -0.2) is 0 Å². The normalized spacial score (nSPS) is 25.2. The first-order chi connectivity index (χ1) is 6.61. The Kier molecular flexibility index (Phi) is 4.35. The zero-order valence-electron chi connectivity index (χ0n) is 8.78. The van der Waals surface area contributed by atoms with Crippen LogP contribution in [0, 0.1) is 0 Å². The number of hydrogen-bond acceptors (Lipinski definition) is 3. The second kappa shape index (κ2) is 5.32. The van der Waals surface area contributed by atoms with E-state index in [0.717, 1.165) is 38.8 Å². The summed E-state index contributed by atoms with van der Waals surface area (Å²) in [4.78, 5) is 13.4. The highest BCUT2D eigenvalue weighted by atomic mass is 16.3. The Morgan fingerprint density at radius 1 is 1.71 bits per heavy atom. The Labute approximate surface area is 85.1 Å². The number of likely N-dealkylation sites (tertiary alicyclic amines) is 1. The summed E-state index contributed by atoms with van der Waals surface area (Å²) in [6.45, 7) is 3.33. The molecule has 0 bridgehead atoms. The third-order valence-corrected chi connectivity index (χ3v) is 2.62. The molecule has 1 aliphatic rings. The lowest BCUT2D eigenvalue weighted by molar-refractivity contribution is -0.135. The van der Waals surface area contributed by atoms with E-state index < -0.39 is 0 Å². The molecule has 1 fully saturated rings. The topological polar surface area (TPSA) is 66.6 Å². The predicted octanol–water partition coefficient (Wildman–Crippen LogP) is 0.0971. The minimum absolute atomic E-state index is 0.0712. The van der Waals surface area contributed by atoms with Crippen LogP contribution >= 0.6 is 0 Å². The lowest BCUT2D eigenvalue weighted by Crippen LogP contribution is -2.48. The molecule has 3 N–H and O–H groups in total. The van der Waals surface area contributed by atoms with Gasteiger partial charge in [0.25, 0.3) is 0 Å². The van der Waals surface area contributed by atoms with Gasteiger partial charge in [-0.3, -0.25) is 4.79 Å². The maximum Gasteiger partial charge on any atom is 0.239 e. The molecule has 4 nitrogen and oxygen atoms in total. The van der Waals surface area contributed by atoms with Crippen molar-refractivity contribution in [3.05, 3.63) is 0 Å². The van der Waals surface area contributed by atoms with Gasteiger partial charge in [-0.1, -0.05) is 0 Å². The van der Waals surface area contributed by atoms with Crippen LogP contribution in [0.4, 0.5) is 0 Å². The summed E-state index contributed by atoms with van der Waals surface area (Å²) >= 11 is 0. The van der Waals surface area contributed by atoms with Gasteiger partial charge in [0.2, 0.25) is 5.91 Å². The first kappa shape index (κ1) is 11.5. The highest BCUT2D eigenvalue weighted by molar-refractivity contribution is 5.82. The number of aliphatic hydroxyl groups is 1. The van der Waals surface area contributed by atoms with Gasteiger partial charge in [0.05, 0.1) is 12.1 Å². The molecule has 1 rings (SSSR count). The van der Waals surface area contributed by atoms with Gasteiger partial charge in [-0.05, 0) is 32.6 Å². The summed E-state index contributed by atoms with van der Waals surface area (Å²) in [7, 11) is 0. The number of piperidine rings is 1. The van der Waals surface area contributed by atoms with E-state index in [1.807, 2.05) is 4.90 Å². The highest BCUT2D eigenvalue weighted by Gasteiger charge is 2.24. The SMILES string of the molecule is CC(O)CCCN1CCCC(N)C1=O. The predicted molar refractivity (Wildman–Crippen MR) is 54.7 cm³/mol. The van der Waals surface area contributed by atoms with Crippen molar-refractivity contribution in [3.63, 3.8) is 0 Å². The van der Waals surface area contributed by atoms with Crippen LogP contribution in [-0.2, 0) is 4.79 Å². The molecule has 2 unspecified atom stereocenters. The first-order valence-electron chi connectivity index (χ1n) is 5.33. The molecule has 0 saturated carbocycles. The molecule has 0 spiro atoms. The van der Waals surface area contributed by atoms with Crippen LogP contribution in [-0.4, -0.2) is 41.1 Å². The van der Waals surface area contributed by atoms with Crippen molar-refractivity contribution in [1.29, 1.82) is 0 Å². The molecule has 1 aliphatic heterocycles. The van der Waals surface area contributed by atoms with Crippen molar-refractivity contribution >= 4 is 5.91 Å². The number of hydrogen-bond donors (Lipinski definition) is 2. The first-order valence-corrected chi connectivity index (χ1v) is 5.33. The van der Waals surface area contributed by atoms with Crippen LogP contribution in [0.2, 0.25) is 0 Å². The molecular formula is C10H20N2O2. The number of amides is 1. The number of carbonyl (C=O) groups is 1. The van der Waals surface area contributed by atoms with E-state index in [1.54, 1.807) is 6.92 Å². The van der Waals surface area contributed by atoms with Gasteiger partial charge in [-0.15, -0.1) is 0 Å². The lowest BCUT2D eigenvalue weighted by Gasteiger charge is -2.30. The largest absolute Gasteiger partial charge is 0.393 e. The molecule has 1 heterocycles. The van der Waals surface area contributed by atoms with Crippen molar-refractivity contribution in [3.8, 4) is 0 Å². The molecule has 0 aromatic carbocycles. The molecule has 1 saturated heterocycles. The van der Waals surface area contributed by atoms with Crippen LogP contribution in [0.3, 0.4) is 0 Å². The third-order valence-electron chi connectivity index (χ3n) is 2.62. The van der Waals surface area contributed by atoms with E-state index in [9.17, 15) is 4.79 Å². The van der Waals surface area contributed by atoms with E-state index >= 15 is 0 Å².